The molecule has 0 aliphatic carbocycles. The van der Waals surface area contributed by atoms with Gasteiger partial charge in [-0.3, -0.25) is 9.69 Å². The maximum atomic E-state index is 13.6. The summed E-state index contributed by atoms with van der Waals surface area (Å²) < 4.78 is 12.8. The zero-order valence-electron chi connectivity index (χ0n) is 19.3. The zero-order valence-corrected chi connectivity index (χ0v) is 20.1. The van der Waals surface area contributed by atoms with Crippen LogP contribution in [0, 0.1) is 13.8 Å². The number of thiazole rings is 1. The molecule has 2 aromatic heterocycles. The van der Waals surface area contributed by atoms with Gasteiger partial charge in [0.2, 0.25) is 0 Å². The second-order valence-corrected chi connectivity index (χ2v) is 9.24. The molecule has 4 rings (SSSR count). The predicted molar refractivity (Wildman–Crippen MR) is 131 cm³/mol. The molecule has 0 saturated heterocycles. The molecule has 0 N–H and O–H groups in total. The van der Waals surface area contributed by atoms with Crippen LogP contribution < -0.4 is 9.64 Å². The summed E-state index contributed by atoms with van der Waals surface area (Å²) in [5.74, 6) is 0.759. The molecule has 0 saturated carbocycles. The van der Waals surface area contributed by atoms with E-state index in [4.69, 9.17) is 14.1 Å². The van der Waals surface area contributed by atoms with E-state index < -0.39 is 0 Å². The van der Waals surface area contributed by atoms with Gasteiger partial charge in [-0.25, -0.2) is 4.98 Å². The summed E-state index contributed by atoms with van der Waals surface area (Å²) in [6, 6.07) is 11.7. The van der Waals surface area contributed by atoms with Crippen LogP contribution in [0.4, 0.5) is 5.13 Å². The fourth-order valence-corrected chi connectivity index (χ4v) is 4.89. The Morgan fingerprint density at radius 3 is 2.72 bits per heavy atom. The highest BCUT2D eigenvalue weighted by Crippen LogP contribution is 2.34. The van der Waals surface area contributed by atoms with Crippen molar-refractivity contribution in [3.63, 3.8) is 0 Å². The number of carbonyl (C=O) groups is 1. The maximum absolute atomic E-state index is 13.6. The van der Waals surface area contributed by atoms with Gasteiger partial charge in [0.25, 0.3) is 5.91 Å². The molecular formula is C25H29N3O3S. The van der Waals surface area contributed by atoms with Gasteiger partial charge in [0, 0.05) is 11.9 Å². The fraction of sp³-hybridized carbons (Fsp3) is 0.360. The number of rotatable bonds is 8. The minimum Gasteiger partial charge on any atom is -0.490 e. The second kappa shape index (κ2) is 9.30. The van der Waals surface area contributed by atoms with E-state index in [9.17, 15) is 4.79 Å². The van der Waals surface area contributed by atoms with Gasteiger partial charge in [-0.2, -0.15) is 0 Å². The van der Waals surface area contributed by atoms with Crippen LogP contribution in [0.5, 0.6) is 5.75 Å². The zero-order chi connectivity index (χ0) is 22.8. The number of nitrogens with zero attached hydrogens (tertiary/aromatic N) is 3. The molecule has 1 amide bonds. The number of carbonyl (C=O) groups excluding carboxylic acids is 1. The smallest absolute Gasteiger partial charge is 0.295 e. The van der Waals surface area contributed by atoms with Gasteiger partial charge in [-0.15, -0.1) is 0 Å². The highest BCUT2D eigenvalue weighted by molar-refractivity contribution is 7.22. The van der Waals surface area contributed by atoms with Crippen LogP contribution in [0.3, 0.4) is 0 Å². The summed E-state index contributed by atoms with van der Waals surface area (Å²) in [7, 11) is 4.06. The number of para-hydroxylation sites is 1. The summed E-state index contributed by atoms with van der Waals surface area (Å²) in [5.41, 5.74) is 3.87. The lowest BCUT2D eigenvalue weighted by Crippen LogP contribution is -2.33. The first kappa shape index (κ1) is 22.3. The third-order valence-corrected chi connectivity index (χ3v) is 6.52. The van der Waals surface area contributed by atoms with Crippen LogP contribution >= 0.6 is 11.3 Å². The van der Waals surface area contributed by atoms with E-state index in [-0.39, 0.29) is 5.91 Å². The van der Waals surface area contributed by atoms with Crippen molar-refractivity contribution in [3.05, 3.63) is 53.3 Å². The number of furan rings is 1. The van der Waals surface area contributed by atoms with E-state index >= 15 is 0 Å². The van der Waals surface area contributed by atoms with Crippen molar-refractivity contribution in [2.45, 2.75) is 27.2 Å². The Hall–Kier alpha value is -2.90. The molecule has 2 aromatic carbocycles. The molecule has 4 aromatic rings. The number of fused-ring (bicyclic) bond motifs is 2. The molecular weight excluding hydrogens is 422 g/mol. The number of aromatic nitrogens is 1. The molecule has 2 heterocycles. The molecule has 0 atom stereocenters. The molecule has 0 bridgehead atoms. The van der Waals surface area contributed by atoms with E-state index in [0.717, 1.165) is 34.1 Å². The first-order chi connectivity index (χ1) is 15.4. The summed E-state index contributed by atoms with van der Waals surface area (Å²) in [4.78, 5) is 22.3. The lowest BCUT2D eigenvalue weighted by molar-refractivity contribution is 0.0961. The Bertz CT molecular complexity index is 1260. The number of amides is 1. The molecule has 0 aliphatic rings. The second-order valence-electron chi connectivity index (χ2n) is 8.26. The van der Waals surface area contributed by atoms with Crippen LogP contribution in [-0.4, -0.2) is 49.6 Å². The highest BCUT2D eigenvalue weighted by atomic mass is 32.1. The topological polar surface area (TPSA) is 58.8 Å². The van der Waals surface area contributed by atoms with Crippen molar-refractivity contribution in [2.24, 2.45) is 0 Å². The number of anilines is 1. The Morgan fingerprint density at radius 1 is 1.16 bits per heavy atom. The lowest BCUT2D eigenvalue weighted by Gasteiger charge is -2.19. The Labute approximate surface area is 192 Å². The van der Waals surface area contributed by atoms with Crippen molar-refractivity contribution in [1.29, 1.82) is 0 Å². The first-order valence-electron chi connectivity index (χ1n) is 10.9. The molecule has 0 unspecified atom stereocenters. The SMILES string of the molecule is CCOc1cccc2cc(C(=O)N(CCCN(C)C)c3nc4cc(C)cc(C)c4s3)oc12. The van der Waals surface area contributed by atoms with Crippen molar-refractivity contribution in [2.75, 3.05) is 38.7 Å². The third kappa shape index (κ3) is 4.49. The number of hydrogen-bond donors (Lipinski definition) is 0. The van der Waals surface area contributed by atoms with Gasteiger partial charge in [0.05, 0.1) is 16.8 Å². The fourth-order valence-electron chi connectivity index (χ4n) is 3.85. The average molecular weight is 452 g/mol. The average Bonchev–Trinajstić information content (AvgIpc) is 3.36. The largest absolute Gasteiger partial charge is 0.490 e. The Morgan fingerprint density at radius 2 is 1.97 bits per heavy atom. The molecule has 0 spiro atoms. The van der Waals surface area contributed by atoms with Crippen molar-refractivity contribution < 1.29 is 13.9 Å². The molecule has 0 radical (unpaired) electrons. The van der Waals surface area contributed by atoms with Crippen LogP contribution in [0.2, 0.25) is 0 Å². The molecule has 168 valence electrons. The lowest BCUT2D eigenvalue weighted by atomic mass is 10.1. The number of hydrogen-bond acceptors (Lipinski definition) is 6. The minimum absolute atomic E-state index is 0.184. The molecule has 6 nitrogen and oxygen atoms in total. The van der Waals surface area contributed by atoms with Crippen LogP contribution in [0.25, 0.3) is 21.2 Å². The normalized spacial score (nSPS) is 11.6. The monoisotopic (exact) mass is 451 g/mol. The van der Waals surface area contributed by atoms with Crippen molar-refractivity contribution >= 4 is 43.6 Å². The molecule has 0 aliphatic heterocycles. The van der Waals surface area contributed by atoms with E-state index in [1.54, 1.807) is 22.3 Å². The molecule has 32 heavy (non-hydrogen) atoms. The number of benzene rings is 2. The van der Waals surface area contributed by atoms with Crippen LogP contribution in [0.1, 0.15) is 35.0 Å². The van der Waals surface area contributed by atoms with Crippen molar-refractivity contribution in [3.8, 4) is 5.75 Å². The molecule has 7 heteroatoms. The summed E-state index contributed by atoms with van der Waals surface area (Å²) >= 11 is 1.55. The van der Waals surface area contributed by atoms with Gasteiger partial charge < -0.3 is 14.1 Å². The maximum Gasteiger partial charge on any atom is 0.295 e. The van der Waals surface area contributed by atoms with E-state index in [1.807, 2.05) is 39.2 Å². The van der Waals surface area contributed by atoms with Gasteiger partial charge in [-0.05, 0) is 77.2 Å². The summed E-state index contributed by atoms with van der Waals surface area (Å²) in [6.45, 7) is 8.05. The Kier molecular flexibility index (Phi) is 6.48. The van der Waals surface area contributed by atoms with Crippen molar-refractivity contribution in [1.82, 2.24) is 9.88 Å². The number of ether oxygens (including phenoxy) is 1. The standard InChI is InChI=1S/C25H29N3O3S/c1-6-30-20-10-7-9-18-15-21(31-22(18)20)24(29)28(12-8-11-27(4)5)25-26-19-14-16(2)13-17(3)23(19)32-25/h7,9-10,13-15H,6,8,11-12H2,1-5H3. The van der Waals surface area contributed by atoms with Gasteiger partial charge in [-0.1, -0.05) is 29.5 Å². The van der Waals surface area contributed by atoms with Gasteiger partial charge in [0.1, 0.15) is 0 Å². The minimum atomic E-state index is -0.184. The first-order valence-corrected chi connectivity index (χ1v) is 11.7. The van der Waals surface area contributed by atoms with Gasteiger partial charge >= 0.3 is 0 Å². The number of aryl methyl sites for hydroxylation is 2. The third-order valence-electron chi connectivity index (χ3n) is 5.29. The summed E-state index contributed by atoms with van der Waals surface area (Å²) in [5, 5.41) is 1.55. The van der Waals surface area contributed by atoms with E-state index in [1.165, 1.54) is 5.56 Å². The highest BCUT2D eigenvalue weighted by Gasteiger charge is 2.25. The van der Waals surface area contributed by atoms with Crippen LogP contribution in [-0.2, 0) is 0 Å². The quantitative estimate of drug-likeness (QED) is 0.346. The van der Waals surface area contributed by atoms with E-state index in [2.05, 4.69) is 30.9 Å². The van der Waals surface area contributed by atoms with Gasteiger partial charge in [0.15, 0.2) is 22.2 Å². The van der Waals surface area contributed by atoms with E-state index in [0.29, 0.717) is 35.4 Å². The van der Waals surface area contributed by atoms with Crippen LogP contribution in [0.15, 0.2) is 40.8 Å². The molecule has 0 fully saturated rings. The summed E-state index contributed by atoms with van der Waals surface area (Å²) in [6.07, 6.45) is 0.830. The Balaban J connectivity index is 1.73. The predicted octanol–water partition coefficient (Wildman–Crippen LogP) is 5.66.